The Balaban J connectivity index is 3.87. The van der Waals surface area contributed by atoms with Gasteiger partial charge in [-0.3, -0.25) is 4.79 Å². The minimum absolute atomic E-state index is 0.282. The van der Waals surface area contributed by atoms with Crippen molar-refractivity contribution in [3.63, 3.8) is 0 Å². The monoisotopic (exact) mass is 258 g/mol. The van der Waals surface area contributed by atoms with Crippen molar-refractivity contribution in [1.82, 2.24) is 0 Å². The summed E-state index contributed by atoms with van der Waals surface area (Å²) in [4.78, 5) is 22.6. The molecule has 4 nitrogen and oxygen atoms in total. The molecular weight excluding hydrogens is 232 g/mol. The topological polar surface area (TPSA) is 52.6 Å². The molecule has 0 N–H and O–H groups in total. The van der Waals surface area contributed by atoms with Gasteiger partial charge in [0.05, 0.1) is 7.11 Å². The second-order valence-electron chi connectivity index (χ2n) is 4.41. The molecule has 0 saturated heterocycles. The largest absolute Gasteiger partial charge is 0.466 e. The van der Waals surface area contributed by atoms with Crippen molar-refractivity contribution in [3.05, 3.63) is 0 Å². The summed E-state index contributed by atoms with van der Waals surface area (Å²) in [6, 6.07) is 0. The highest BCUT2D eigenvalue weighted by Gasteiger charge is 2.22. The van der Waals surface area contributed by atoms with E-state index in [4.69, 9.17) is 4.74 Å². The average Bonchev–Trinajstić information content (AvgIpc) is 2.40. The van der Waals surface area contributed by atoms with Crippen LogP contribution in [0.5, 0.6) is 0 Å². The highest BCUT2D eigenvalue weighted by Crippen LogP contribution is 2.12. The Hall–Kier alpha value is -1.06. The fourth-order valence-corrected chi connectivity index (χ4v) is 1.71. The van der Waals surface area contributed by atoms with Crippen molar-refractivity contribution >= 4 is 11.9 Å². The molecule has 0 rings (SSSR count). The predicted octanol–water partition coefficient (Wildman–Crippen LogP) is 3.23. The van der Waals surface area contributed by atoms with Gasteiger partial charge in [0, 0.05) is 6.42 Å². The molecule has 0 aromatic heterocycles. The Bertz CT molecular complexity index is 238. The summed E-state index contributed by atoms with van der Waals surface area (Å²) in [7, 11) is 1.32. The van der Waals surface area contributed by atoms with Gasteiger partial charge in [0.15, 0.2) is 6.10 Å². The second-order valence-corrected chi connectivity index (χ2v) is 4.41. The van der Waals surface area contributed by atoms with Gasteiger partial charge in [0.25, 0.3) is 0 Å². The van der Waals surface area contributed by atoms with Gasteiger partial charge in [-0.15, -0.1) is 0 Å². The minimum Gasteiger partial charge on any atom is -0.466 e. The smallest absolute Gasteiger partial charge is 0.347 e. The third-order valence-corrected chi connectivity index (χ3v) is 2.85. The molecule has 18 heavy (non-hydrogen) atoms. The van der Waals surface area contributed by atoms with Crippen molar-refractivity contribution in [3.8, 4) is 0 Å². The first-order chi connectivity index (χ1) is 8.65. The molecule has 0 amide bonds. The van der Waals surface area contributed by atoms with Gasteiger partial charge < -0.3 is 9.47 Å². The predicted molar refractivity (Wildman–Crippen MR) is 70.2 cm³/mol. The Labute approximate surface area is 110 Å². The van der Waals surface area contributed by atoms with Gasteiger partial charge in [0.1, 0.15) is 0 Å². The van der Waals surface area contributed by atoms with Crippen molar-refractivity contribution in [2.24, 2.45) is 0 Å². The maximum atomic E-state index is 11.4. The molecule has 0 radical (unpaired) electrons. The van der Waals surface area contributed by atoms with Crippen LogP contribution >= 0.6 is 0 Å². The lowest BCUT2D eigenvalue weighted by Crippen LogP contribution is -2.28. The minimum atomic E-state index is -0.728. The number of methoxy groups -OCH3 is 1. The Morgan fingerprint density at radius 3 is 2.17 bits per heavy atom. The van der Waals surface area contributed by atoms with E-state index in [1.165, 1.54) is 32.8 Å². The number of carbonyl (C=O) groups excluding carboxylic acids is 2. The van der Waals surface area contributed by atoms with E-state index in [9.17, 15) is 9.59 Å². The summed E-state index contributed by atoms with van der Waals surface area (Å²) < 4.78 is 9.70. The van der Waals surface area contributed by atoms with E-state index in [1.54, 1.807) is 6.92 Å². The van der Waals surface area contributed by atoms with E-state index in [0.29, 0.717) is 6.42 Å². The highest BCUT2D eigenvalue weighted by atomic mass is 16.6. The molecule has 0 fully saturated rings. The third-order valence-electron chi connectivity index (χ3n) is 2.85. The molecule has 0 saturated carbocycles. The van der Waals surface area contributed by atoms with E-state index in [0.717, 1.165) is 12.8 Å². The first kappa shape index (κ1) is 16.9. The zero-order valence-corrected chi connectivity index (χ0v) is 11.9. The third kappa shape index (κ3) is 8.09. The number of unbranched alkanes of at least 4 members (excludes halogenated alkanes) is 5. The lowest BCUT2D eigenvalue weighted by molar-refractivity contribution is -0.166. The fourth-order valence-electron chi connectivity index (χ4n) is 1.71. The number of rotatable bonds is 10. The number of esters is 2. The molecule has 0 aromatic carbocycles. The van der Waals surface area contributed by atoms with Gasteiger partial charge in [0.2, 0.25) is 0 Å². The first-order valence-electron chi connectivity index (χ1n) is 6.93. The number of carbonyl (C=O) groups is 2. The second kappa shape index (κ2) is 11.1. The molecule has 106 valence electrons. The molecule has 1 unspecified atom stereocenters. The van der Waals surface area contributed by atoms with Crippen LogP contribution in [0.15, 0.2) is 0 Å². The van der Waals surface area contributed by atoms with Crippen LogP contribution in [0.3, 0.4) is 0 Å². The Morgan fingerprint density at radius 1 is 1.00 bits per heavy atom. The van der Waals surface area contributed by atoms with Gasteiger partial charge in [-0.1, -0.05) is 46.0 Å². The van der Waals surface area contributed by atoms with Crippen LogP contribution in [0.4, 0.5) is 0 Å². The lowest BCUT2D eigenvalue weighted by atomic mass is 10.1. The van der Waals surface area contributed by atoms with E-state index in [1.807, 2.05) is 0 Å². The van der Waals surface area contributed by atoms with E-state index in [2.05, 4.69) is 11.7 Å². The first-order valence-corrected chi connectivity index (χ1v) is 6.93. The molecule has 0 bridgehead atoms. The summed E-state index contributed by atoms with van der Waals surface area (Å²) in [5, 5.41) is 0. The molecule has 0 aliphatic rings. The highest BCUT2D eigenvalue weighted by molar-refractivity contribution is 5.79. The van der Waals surface area contributed by atoms with Crippen LogP contribution in [0.1, 0.15) is 65.2 Å². The molecule has 0 heterocycles. The van der Waals surface area contributed by atoms with Gasteiger partial charge in [-0.25, -0.2) is 4.79 Å². The number of hydrogen-bond donors (Lipinski definition) is 0. The molecular formula is C14H26O4. The molecule has 0 aliphatic heterocycles. The van der Waals surface area contributed by atoms with Gasteiger partial charge in [-0.05, 0) is 12.8 Å². The zero-order valence-electron chi connectivity index (χ0n) is 11.9. The van der Waals surface area contributed by atoms with Gasteiger partial charge >= 0.3 is 11.9 Å². The quantitative estimate of drug-likeness (QED) is 0.446. The SMILES string of the molecule is CCCCCCCCC(OC(=O)CC)C(=O)OC. The van der Waals surface area contributed by atoms with Crippen LogP contribution in [-0.2, 0) is 19.1 Å². The van der Waals surface area contributed by atoms with Gasteiger partial charge in [-0.2, -0.15) is 0 Å². The zero-order chi connectivity index (χ0) is 13.8. The van der Waals surface area contributed by atoms with E-state index in [-0.39, 0.29) is 12.4 Å². The summed E-state index contributed by atoms with van der Waals surface area (Å²) in [6.07, 6.45) is 6.95. The molecule has 0 aromatic rings. The normalized spacial score (nSPS) is 11.9. The van der Waals surface area contributed by atoms with Crippen LogP contribution < -0.4 is 0 Å². The van der Waals surface area contributed by atoms with Crippen molar-refractivity contribution in [1.29, 1.82) is 0 Å². The van der Waals surface area contributed by atoms with Crippen molar-refractivity contribution in [2.75, 3.05) is 7.11 Å². The van der Waals surface area contributed by atoms with E-state index < -0.39 is 12.1 Å². The molecule has 4 heteroatoms. The molecule has 1 atom stereocenters. The average molecular weight is 258 g/mol. The van der Waals surface area contributed by atoms with Crippen LogP contribution in [-0.4, -0.2) is 25.2 Å². The maximum Gasteiger partial charge on any atom is 0.347 e. The van der Waals surface area contributed by atoms with Crippen LogP contribution in [0.25, 0.3) is 0 Å². The molecule has 0 spiro atoms. The standard InChI is InChI=1S/C14H26O4/c1-4-6-7-8-9-10-11-12(14(16)17-3)18-13(15)5-2/h12H,4-11H2,1-3H3. The molecule has 0 aliphatic carbocycles. The van der Waals surface area contributed by atoms with Crippen molar-refractivity contribution < 1.29 is 19.1 Å². The van der Waals surface area contributed by atoms with Crippen molar-refractivity contribution in [2.45, 2.75) is 71.3 Å². The summed E-state index contributed by atoms with van der Waals surface area (Å²) in [6.45, 7) is 3.89. The fraction of sp³-hybridized carbons (Fsp3) is 0.857. The van der Waals surface area contributed by atoms with Crippen LogP contribution in [0.2, 0.25) is 0 Å². The summed E-state index contributed by atoms with van der Waals surface area (Å²) in [5.74, 6) is -0.804. The maximum absolute atomic E-state index is 11.4. The summed E-state index contributed by atoms with van der Waals surface area (Å²) >= 11 is 0. The van der Waals surface area contributed by atoms with Crippen LogP contribution in [0, 0.1) is 0 Å². The number of hydrogen-bond acceptors (Lipinski definition) is 4. The Kier molecular flexibility index (Phi) is 10.4. The Morgan fingerprint density at radius 2 is 1.61 bits per heavy atom. The summed E-state index contributed by atoms with van der Waals surface area (Å²) in [5.41, 5.74) is 0. The number of ether oxygens (including phenoxy) is 2. The van der Waals surface area contributed by atoms with E-state index >= 15 is 0 Å². The lowest BCUT2D eigenvalue weighted by Gasteiger charge is -2.15.